The third-order valence-corrected chi connectivity index (χ3v) is 4.40. The zero-order chi connectivity index (χ0) is 17.2. The van der Waals surface area contributed by atoms with Gasteiger partial charge in [0.2, 0.25) is 5.95 Å². The first-order chi connectivity index (χ1) is 12.2. The van der Waals surface area contributed by atoms with Gasteiger partial charge < -0.3 is 5.32 Å². The lowest BCUT2D eigenvalue weighted by Gasteiger charge is -2.08. The van der Waals surface area contributed by atoms with E-state index in [0.717, 1.165) is 17.0 Å². The van der Waals surface area contributed by atoms with E-state index in [4.69, 9.17) is 0 Å². The van der Waals surface area contributed by atoms with Crippen LogP contribution in [0.1, 0.15) is 39.5 Å². The number of nitrogens with zero attached hydrogens (tertiary/aromatic N) is 5. The van der Waals surface area contributed by atoms with Crippen molar-refractivity contribution in [3.05, 3.63) is 36.3 Å². The fourth-order valence-corrected chi connectivity index (χ4v) is 2.68. The zero-order valence-electron chi connectivity index (χ0n) is 14.6. The van der Waals surface area contributed by atoms with Gasteiger partial charge in [-0.25, -0.2) is 4.99 Å². The molecule has 2 aromatic rings. The molecule has 25 heavy (non-hydrogen) atoms. The summed E-state index contributed by atoms with van der Waals surface area (Å²) in [5.74, 6) is 2.87. The van der Waals surface area contributed by atoms with E-state index in [9.17, 15) is 0 Å². The van der Waals surface area contributed by atoms with Crippen LogP contribution in [-0.4, -0.2) is 25.6 Å². The van der Waals surface area contributed by atoms with Crippen molar-refractivity contribution in [2.75, 3.05) is 5.32 Å². The number of aromatic nitrogens is 4. The van der Waals surface area contributed by atoms with Crippen LogP contribution in [0.25, 0.3) is 11.4 Å². The summed E-state index contributed by atoms with van der Waals surface area (Å²) in [6, 6.07) is 3.82. The highest BCUT2D eigenvalue weighted by atomic mass is 15.2. The minimum absolute atomic E-state index is 0.458. The lowest BCUT2D eigenvalue weighted by Crippen LogP contribution is -2.05. The smallest absolute Gasteiger partial charge is 0.254 e. The number of hydrogen-bond donors (Lipinski definition) is 1. The van der Waals surface area contributed by atoms with Gasteiger partial charge in [-0.3, -0.25) is 4.98 Å². The van der Waals surface area contributed by atoms with Crippen molar-refractivity contribution in [3.8, 4) is 11.4 Å². The SMILES string of the molecule is CC(=CC1CC1)Nc1nc(/N=C(\C)C2CC2)nc(-c2cccnc2)n1. The largest absolute Gasteiger partial charge is 0.328 e. The number of hydrogen-bond acceptors (Lipinski definition) is 6. The predicted molar refractivity (Wildman–Crippen MR) is 98.7 cm³/mol. The third-order valence-electron chi connectivity index (χ3n) is 4.40. The van der Waals surface area contributed by atoms with E-state index >= 15 is 0 Å². The van der Waals surface area contributed by atoms with Crippen LogP contribution in [0, 0.1) is 11.8 Å². The standard InChI is InChI=1S/C19H22N6/c1-12(10-14-5-6-14)21-18-23-17(16-4-3-9-20-11-16)24-19(25-18)22-13(2)15-7-8-15/h3-4,9-11,14-15H,5-8H2,1-2H3,(H,21,23,24,25)/b12-10?,22-13+. The molecule has 2 aliphatic carbocycles. The molecule has 0 aliphatic heterocycles. The van der Waals surface area contributed by atoms with E-state index in [-0.39, 0.29) is 0 Å². The Morgan fingerprint density at radius 1 is 1.16 bits per heavy atom. The van der Waals surface area contributed by atoms with Crippen molar-refractivity contribution < 1.29 is 0 Å². The second kappa shape index (κ2) is 6.70. The summed E-state index contributed by atoms with van der Waals surface area (Å²) in [6.07, 6.45) is 10.7. The number of aliphatic imine (C=N–C) groups is 1. The van der Waals surface area contributed by atoms with Crippen LogP contribution in [-0.2, 0) is 0 Å². The summed E-state index contributed by atoms with van der Waals surface area (Å²) in [6.45, 7) is 4.10. The second-order valence-corrected chi connectivity index (χ2v) is 6.86. The van der Waals surface area contributed by atoms with Gasteiger partial charge in [0, 0.05) is 29.4 Å². The van der Waals surface area contributed by atoms with Gasteiger partial charge in [0.05, 0.1) is 0 Å². The molecule has 0 atom stereocenters. The van der Waals surface area contributed by atoms with Gasteiger partial charge in [0.1, 0.15) is 0 Å². The topological polar surface area (TPSA) is 76.0 Å². The molecule has 6 heteroatoms. The number of rotatable bonds is 6. The highest BCUT2D eigenvalue weighted by molar-refractivity contribution is 5.88. The fourth-order valence-electron chi connectivity index (χ4n) is 2.68. The van der Waals surface area contributed by atoms with E-state index < -0.39 is 0 Å². The summed E-state index contributed by atoms with van der Waals surface area (Å²) in [5, 5.41) is 3.29. The first kappa shape index (κ1) is 15.9. The van der Waals surface area contributed by atoms with Crippen LogP contribution in [0.15, 0.2) is 41.3 Å². The molecule has 0 unspecified atom stereocenters. The molecule has 2 aliphatic rings. The second-order valence-electron chi connectivity index (χ2n) is 6.86. The first-order valence-corrected chi connectivity index (χ1v) is 8.84. The Balaban J connectivity index is 1.67. The molecule has 2 fully saturated rings. The minimum atomic E-state index is 0.458. The van der Waals surface area contributed by atoms with E-state index in [1.165, 1.54) is 25.7 Å². The average Bonchev–Trinajstić information content (AvgIpc) is 3.49. The van der Waals surface area contributed by atoms with Crippen molar-refractivity contribution in [1.29, 1.82) is 0 Å². The van der Waals surface area contributed by atoms with Gasteiger partial charge in [-0.05, 0) is 63.5 Å². The number of pyridine rings is 1. The number of anilines is 1. The van der Waals surface area contributed by atoms with Gasteiger partial charge in [-0.15, -0.1) is 0 Å². The summed E-state index contributed by atoms with van der Waals surface area (Å²) in [4.78, 5) is 22.4. The molecule has 0 saturated heterocycles. The van der Waals surface area contributed by atoms with Crippen LogP contribution < -0.4 is 5.32 Å². The first-order valence-electron chi connectivity index (χ1n) is 8.84. The summed E-state index contributed by atoms with van der Waals surface area (Å²) >= 11 is 0. The zero-order valence-corrected chi connectivity index (χ0v) is 14.6. The molecule has 128 valence electrons. The molecule has 6 nitrogen and oxygen atoms in total. The summed E-state index contributed by atoms with van der Waals surface area (Å²) in [5.41, 5.74) is 3.02. The highest BCUT2D eigenvalue weighted by Gasteiger charge is 2.25. The molecule has 0 aromatic carbocycles. The average molecular weight is 334 g/mol. The Morgan fingerprint density at radius 2 is 2.00 bits per heavy atom. The van der Waals surface area contributed by atoms with Crippen molar-refractivity contribution in [2.45, 2.75) is 39.5 Å². The Hall–Kier alpha value is -2.63. The Bertz CT molecular complexity index is 819. The highest BCUT2D eigenvalue weighted by Crippen LogP contribution is 2.32. The van der Waals surface area contributed by atoms with Crippen LogP contribution in [0.4, 0.5) is 11.9 Å². The lowest BCUT2D eigenvalue weighted by molar-refractivity contribution is 1.02. The summed E-state index contributed by atoms with van der Waals surface area (Å²) < 4.78 is 0. The molecule has 1 N–H and O–H groups in total. The van der Waals surface area contributed by atoms with Gasteiger partial charge in [0.15, 0.2) is 5.82 Å². The molecular weight excluding hydrogens is 312 g/mol. The molecule has 0 spiro atoms. The maximum absolute atomic E-state index is 4.62. The maximum Gasteiger partial charge on any atom is 0.254 e. The third kappa shape index (κ3) is 4.26. The van der Waals surface area contributed by atoms with Crippen molar-refractivity contribution in [1.82, 2.24) is 19.9 Å². The molecule has 2 heterocycles. The maximum atomic E-state index is 4.62. The predicted octanol–water partition coefficient (Wildman–Crippen LogP) is 4.16. The number of nitrogens with one attached hydrogen (secondary N) is 1. The van der Waals surface area contributed by atoms with E-state index in [1.54, 1.807) is 12.4 Å². The normalized spacial score (nSPS) is 18.3. The molecule has 2 aromatic heterocycles. The van der Waals surface area contributed by atoms with E-state index in [1.807, 2.05) is 19.1 Å². The van der Waals surface area contributed by atoms with E-state index in [0.29, 0.717) is 29.6 Å². The molecule has 0 amide bonds. The molecule has 2 saturated carbocycles. The summed E-state index contributed by atoms with van der Waals surface area (Å²) in [7, 11) is 0. The minimum Gasteiger partial charge on any atom is -0.328 e. The molecule has 0 radical (unpaired) electrons. The van der Waals surface area contributed by atoms with Gasteiger partial charge >= 0.3 is 0 Å². The Kier molecular flexibility index (Phi) is 4.26. The van der Waals surface area contributed by atoms with Crippen molar-refractivity contribution >= 4 is 17.6 Å². The van der Waals surface area contributed by atoms with Crippen LogP contribution in [0.2, 0.25) is 0 Å². The van der Waals surface area contributed by atoms with E-state index in [2.05, 4.69) is 43.2 Å². The van der Waals surface area contributed by atoms with Gasteiger partial charge in [-0.1, -0.05) is 6.08 Å². The van der Waals surface area contributed by atoms with Crippen LogP contribution in [0.5, 0.6) is 0 Å². The molecule has 0 bridgehead atoms. The van der Waals surface area contributed by atoms with Crippen molar-refractivity contribution in [3.63, 3.8) is 0 Å². The van der Waals surface area contributed by atoms with Crippen LogP contribution in [0.3, 0.4) is 0 Å². The van der Waals surface area contributed by atoms with Gasteiger partial charge in [-0.2, -0.15) is 15.0 Å². The fraction of sp³-hybridized carbons (Fsp3) is 0.421. The van der Waals surface area contributed by atoms with Crippen LogP contribution >= 0.6 is 0 Å². The monoisotopic (exact) mass is 334 g/mol. The quantitative estimate of drug-likeness (QED) is 0.803. The Morgan fingerprint density at radius 3 is 2.68 bits per heavy atom. The molecular formula is C19H22N6. The number of allylic oxidation sites excluding steroid dienone is 2. The lowest BCUT2D eigenvalue weighted by atomic mass is 10.3. The van der Waals surface area contributed by atoms with Crippen molar-refractivity contribution in [2.24, 2.45) is 16.8 Å². The van der Waals surface area contributed by atoms with Gasteiger partial charge in [0.25, 0.3) is 5.95 Å². The molecule has 4 rings (SSSR count). The Labute approximate surface area is 147 Å².